The largest absolute Gasteiger partial charge is 0.444 e. The number of ether oxygens (including phenoxy) is 12. The topological polar surface area (TPSA) is 206 Å². The molecule has 0 saturated heterocycles. The number of rotatable bonds is 39. The van der Waals surface area contributed by atoms with Gasteiger partial charge in [-0.15, -0.1) is 0 Å². The molecule has 0 aromatic rings. The van der Waals surface area contributed by atoms with Crippen LogP contribution < -0.4 is 10.6 Å². The van der Waals surface area contributed by atoms with Crippen molar-refractivity contribution in [3.63, 3.8) is 0 Å². The molecule has 0 spiro atoms. The van der Waals surface area contributed by atoms with E-state index in [0.717, 1.165) is 4.90 Å². The number of hydrogen-bond acceptors (Lipinski definition) is 16. The summed E-state index contributed by atoms with van der Waals surface area (Å²) in [5.41, 5.74) is -0.520. The number of hydrogen-bond donors (Lipinski definition) is 2. The summed E-state index contributed by atoms with van der Waals surface area (Å²) < 4.78 is 65.1. The van der Waals surface area contributed by atoms with Gasteiger partial charge in [0, 0.05) is 38.2 Å². The van der Waals surface area contributed by atoms with Crippen molar-refractivity contribution in [2.45, 2.75) is 32.8 Å². The number of carbonyl (C=O) groups is 4. The highest BCUT2D eigenvalue weighted by atomic mass is 16.6. The summed E-state index contributed by atoms with van der Waals surface area (Å²) in [5.74, 6) is -1.06. The molecule has 1 heterocycles. The van der Waals surface area contributed by atoms with Crippen LogP contribution in [0.3, 0.4) is 0 Å². The van der Waals surface area contributed by atoms with E-state index in [9.17, 15) is 19.2 Å². The van der Waals surface area contributed by atoms with E-state index >= 15 is 0 Å². The first-order chi connectivity index (χ1) is 26.7. The molecule has 19 nitrogen and oxygen atoms in total. The molecule has 0 saturated carbocycles. The Morgan fingerprint density at radius 1 is 0.473 bits per heavy atom. The van der Waals surface area contributed by atoms with E-state index in [2.05, 4.69) is 10.6 Å². The van der Waals surface area contributed by atoms with Gasteiger partial charge in [0.25, 0.3) is 11.8 Å². The summed E-state index contributed by atoms with van der Waals surface area (Å²) in [6, 6.07) is 0. The lowest BCUT2D eigenvalue weighted by atomic mass is 10.2. The van der Waals surface area contributed by atoms with Gasteiger partial charge in [0.05, 0.1) is 145 Å². The molecule has 1 aliphatic rings. The fourth-order valence-electron chi connectivity index (χ4n) is 4.06. The highest BCUT2D eigenvalue weighted by Gasteiger charge is 2.23. The third-order valence-electron chi connectivity index (χ3n) is 6.67. The van der Waals surface area contributed by atoms with Crippen molar-refractivity contribution in [1.29, 1.82) is 0 Å². The summed E-state index contributed by atoms with van der Waals surface area (Å²) in [5, 5.41) is 5.30. The molecular formula is C36H65N3O16. The predicted molar refractivity (Wildman–Crippen MR) is 197 cm³/mol. The molecule has 0 atom stereocenters. The van der Waals surface area contributed by atoms with Crippen LogP contribution in [0.4, 0.5) is 4.79 Å². The van der Waals surface area contributed by atoms with Crippen molar-refractivity contribution >= 4 is 23.8 Å². The van der Waals surface area contributed by atoms with Crippen LogP contribution in [0.15, 0.2) is 12.2 Å². The van der Waals surface area contributed by atoms with Crippen LogP contribution in [0, 0.1) is 0 Å². The SMILES string of the molecule is CC(C)(C)OC(=O)NCCOCCOCCOCCOCCOCCOCCOCCOCCOCCOCCOCCNC(=O)CCN1C(=O)C=CC1=O. The van der Waals surface area contributed by atoms with Crippen LogP contribution in [0.5, 0.6) is 0 Å². The van der Waals surface area contributed by atoms with E-state index in [1.54, 1.807) is 0 Å². The van der Waals surface area contributed by atoms with Crippen LogP contribution in [-0.4, -0.2) is 199 Å². The Morgan fingerprint density at radius 2 is 0.745 bits per heavy atom. The molecule has 4 amide bonds. The minimum absolute atomic E-state index is 0.0483. The Morgan fingerprint density at radius 3 is 1.04 bits per heavy atom. The van der Waals surface area contributed by atoms with E-state index in [1.807, 2.05) is 20.8 Å². The normalized spacial score (nSPS) is 12.9. The van der Waals surface area contributed by atoms with E-state index in [1.165, 1.54) is 12.2 Å². The van der Waals surface area contributed by atoms with Gasteiger partial charge < -0.3 is 67.5 Å². The average Bonchev–Trinajstić information content (AvgIpc) is 3.47. The first kappa shape index (κ1) is 50.2. The van der Waals surface area contributed by atoms with Crippen molar-refractivity contribution < 1.29 is 76.0 Å². The zero-order valence-corrected chi connectivity index (χ0v) is 33.0. The molecule has 0 aliphatic carbocycles. The minimum atomic E-state index is -0.520. The van der Waals surface area contributed by atoms with E-state index in [-0.39, 0.29) is 18.9 Å². The molecule has 0 aromatic heterocycles. The summed E-state index contributed by atoms with van der Waals surface area (Å²) in [7, 11) is 0. The van der Waals surface area contributed by atoms with Crippen molar-refractivity contribution in [2.24, 2.45) is 0 Å². The quantitative estimate of drug-likeness (QED) is 0.0626. The van der Waals surface area contributed by atoms with E-state index in [0.29, 0.717) is 158 Å². The second-order valence-electron chi connectivity index (χ2n) is 12.4. The van der Waals surface area contributed by atoms with Crippen LogP contribution in [0.1, 0.15) is 27.2 Å². The van der Waals surface area contributed by atoms with E-state index in [4.69, 9.17) is 56.8 Å². The lowest BCUT2D eigenvalue weighted by Gasteiger charge is -2.19. The van der Waals surface area contributed by atoms with Crippen molar-refractivity contribution in [3.05, 3.63) is 12.2 Å². The smallest absolute Gasteiger partial charge is 0.407 e. The minimum Gasteiger partial charge on any atom is -0.444 e. The van der Waals surface area contributed by atoms with Crippen molar-refractivity contribution in [1.82, 2.24) is 15.5 Å². The molecule has 0 bridgehead atoms. The first-order valence-electron chi connectivity index (χ1n) is 18.8. The van der Waals surface area contributed by atoms with Gasteiger partial charge in [-0.25, -0.2) is 4.79 Å². The second-order valence-corrected chi connectivity index (χ2v) is 12.4. The molecule has 0 unspecified atom stereocenters. The maximum absolute atomic E-state index is 11.8. The lowest BCUT2D eigenvalue weighted by Crippen LogP contribution is -2.35. The van der Waals surface area contributed by atoms with Gasteiger partial charge in [0.2, 0.25) is 5.91 Å². The molecule has 55 heavy (non-hydrogen) atoms. The summed E-state index contributed by atoms with van der Waals surface area (Å²) >= 11 is 0. The molecule has 1 aliphatic heterocycles. The first-order valence-corrected chi connectivity index (χ1v) is 18.8. The fourth-order valence-corrected chi connectivity index (χ4v) is 4.06. The van der Waals surface area contributed by atoms with Gasteiger partial charge in [-0.1, -0.05) is 0 Å². The number of imide groups is 1. The van der Waals surface area contributed by atoms with Gasteiger partial charge in [-0.2, -0.15) is 0 Å². The summed E-state index contributed by atoms with van der Waals surface area (Å²) in [6.07, 6.45) is 1.97. The van der Waals surface area contributed by atoms with Crippen LogP contribution in [0.25, 0.3) is 0 Å². The van der Waals surface area contributed by atoms with Crippen molar-refractivity contribution in [2.75, 3.05) is 165 Å². The average molecular weight is 796 g/mol. The third kappa shape index (κ3) is 34.2. The summed E-state index contributed by atoms with van der Waals surface area (Å²) in [6.45, 7) is 15.9. The number of carbonyl (C=O) groups excluding carboxylic acids is 4. The Hall–Kier alpha value is -2.82. The van der Waals surface area contributed by atoms with Crippen LogP contribution >= 0.6 is 0 Å². The third-order valence-corrected chi connectivity index (χ3v) is 6.67. The van der Waals surface area contributed by atoms with E-state index < -0.39 is 23.5 Å². The van der Waals surface area contributed by atoms with Gasteiger partial charge in [-0.05, 0) is 20.8 Å². The monoisotopic (exact) mass is 795 g/mol. The molecule has 320 valence electrons. The fraction of sp³-hybridized carbons (Fsp3) is 0.833. The zero-order chi connectivity index (χ0) is 40.1. The number of amides is 4. The van der Waals surface area contributed by atoms with Gasteiger partial charge in [-0.3, -0.25) is 19.3 Å². The van der Waals surface area contributed by atoms with Crippen LogP contribution in [-0.2, 0) is 71.2 Å². The number of nitrogens with one attached hydrogen (secondary N) is 2. The molecule has 0 radical (unpaired) electrons. The number of nitrogens with zero attached hydrogens (tertiary/aromatic N) is 1. The number of alkyl carbamates (subject to hydrolysis) is 1. The lowest BCUT2D eigenvalue weighted by molar-refractivity contribution is -0.137. The van der Waals surface area contributed by atoms with Gasteiger partial charge >= 0.3 is 6.09 Å². The predicted octanol–water partition coefficient (Wildman–Crippen LogP) is 0.125. The standard InChI is InChI=1S/C36H65N3O16/c1-36(2,3)55-35(43)38-8-11-45-13-15-47-17-19-49-21-23-51-25-27-53-29-31-54-30-28-52-26-24-50-22-20-48-18-16-46-14-12-44-10-7-37-32(40)6-9-39-33(41)4-5-34(39)42/h4-5H,6-31H2,1-3H3,(H,37,40)(H,38,43). The Balaban J connectivity index is 1.65. The highest BCUT2D eigenvalue weighted by molar-refractivity contribution is 6.13. The van der Waals surface area contributed by atoms with Crippen LogP contribution in [0.2, 0.25) is 0 Å². The maximum atomic E-state index is 11.8. The van der Waals surface area contributed by atoms with Gasteiger partial charge in [0.1, 0.15) is 5.60 Å². The molecule has 1 rings (SSSR count). The molecule has 0 aromatic carbocycles. The second kappa shape index (κ2) is 35.6. The summed E-state index contributed by atoms with van der Waals surface area (Å²) in [4.78, 5) is 47.2. The Bertz CT molecular complexity index is 996. The molecule has 2 N–H and O–H groups in total. The molecular weight excluding hydrogens is 730 g/mol. The maximum Gasteiger partial charge on any atom is 0.407 e. The molecule has 19 heteroatoms. The highest BCUT2D eigenvalue weighted by Crippen LogP contribution is 2.06. The van der Waals surface area contributed by atoms with Gasteiger partial charge in [0.15, 0.2) is 0 Å². The van der Waals surface area contributed by atoms with Crippen molar-refractivity contribution in [3.8, 4) is 0 Å². The Kier molecular flexibility index (Phi) is 32.5. The molecule has 0 fully saturated rings. The Labute approximate surface area is 325 Å². The zero-order valence-electron chi connectivity index (χ0n) is 33.0.